The molecule has 0 fully saturated rings. The minimum atomic E-state index is -0.720. The monoisotopic (exact) mass is 340 g/mol. The average Bonchev–Trinajstić information content (AvgIpc) is 2.66. The topological polar surface area (TPSA) is 80.6 Å². The molecule has 0 aliphatic rings. The fourth-order valence-electron chi connectivity index (χ4n) is 2.34. The lowest BCUT2D eigenvalue weighted by atomic mass is 10.1. The van der Waals surface area contributed by atoms with Crippen LogP contribution in [0.15, 0.2) is 42.5 Å². The van der Waals surface area contributed by atoms with Gasteiger partial charge in [0.25, 0.3) is 0 Å². The van der Waals surface area contributed by atoms with Gasteiger partial charge in [-0.05, 0) is 48.9 Å². The van der Waals surface area contributed by atoms with Crippen molar-refractivity contribution >= 4 is 11.7 Å². The summed E-state index contributed by atoms with van der Waals surface area (Å²) in [6, 6.07) is 13.4. The van der Waals surface area contributed by atoms with Crippen LogP contribution in [0.25, 0.3) is 0 Å². The lowest BCUT2D eigenvalue weighted by Crippen LogP contribution is -2.22. The second-order valence-electron chi connectivity index (χ2n) is 5.13. The fourth-order valence-corrected chi connectivity index (χ4v) is 2.34. The summed E-state index contributed by atoms with van der Waals surface area (Å²) in [5.41, 5.74) is 1.92. The van der Waals surface area contributed by atoms with Gasteiger partial charge >= 0.3 is 5.97 Å². The van der Waals surface area contributed by atoms with E-state index in [4.69, 9.17) is 19.5 Å². The summed E-state index contributed by atoms with van der Waals surface area (Å²) in [4.78, 5) is 12.2. The van der Waals surface area contributed by atoms with Crippen molar-refractivity contribution in [3.63, 3.8) is 0 Å². The Kier molecular flexibility index (Phi) is 6.24. The summed E-state index contributed by atoms with van der Waals surface area (Å²) in [7, 11) is 2.88. The predicted octanol–water partition coefficient (Wildman–Crippen LogP) is 3.29. The Bertz CT molecular complexity index is 766. The number of rotatable bonds is 7. The van der Waals surface area contributed by atoms with Crippen LogP contribution in [0.3, 0.4) is 0 Å². The minimum absolute atomic E-state index is 0.435. The smallest absolute Gasteiger partial charge is 0.332 e. The first kappa shape index (κ1) is 18.1. The molecule has 0 aromatic heterocycles. The molecular formula is C19H20N2O4. The Labute approximate surface area is 146 Å². The Morgan fingerprint density at radius 2 is 1.88 bits per heavy atom. The fraction of sp³-hybridized carbons (Fsp3) is 0.263. The highest BCUT2D eigenvalue weighted by molar-refractivity contribution is 5.81. The van der Waals surface area contributed by atoms with Gasteiger partial charge in [-0.2, -0.15) is 5.26 Å². The largest absolute Gasteiger partial charge is 0.493 e. The molecule has 0 aliphatic carbocycles. The van der Waals surface area contributed by atoms with E-state index in [1.165, 1.54) is 7.11 Å². The quantitative estimate of drug-likeness (QED) is 0.779. The van der Waals surface area contributed by atoms with Gasteiger partial charge in [0.1, 0.15) is 0 Å². The molecule has 0 saturated heterocycles. The van der Waals surface area contributed by atoms with Crippen LogP contribution in [0.4, 0.5) is 5.69 Å². The molecule has 6 nitrogen and oxygen atoms in total. The van der Waals surface area contributed by atoms with E-state index in [9.17, 15) is 4.79 Å². The summed E-state index contributed by atoms with van der Waals surface area (Å²) in [5, 5.41) is 12.0. The van der Waals surface area contributed by atoms with Crippen molar-refractivity contribution in [1.29, 1.82) is 5.26 Å². The highest BCUT2D eigenvalue weighted by atomic mass is 16.5. The third-order valence-corrected chi connectivity index (χ3v) is 3.58. The van der Waals surface area contributed by atoms with Crippen molar-refractivity contribution in [3.8, 4) is 17.6 Å². The minimum Gasteiger partial charge on any atom is -0.493 e. The number of carbonyl (C=O) groups is 1. The molecule has 0 heterocycles. The van der Waals surface area contributed by atoms with Gasteiger partial charge in [0.05, 0.1) is 32.5 Å². The van der Waals surface area contributed by atoms with Crippen LogP contribution in [-0.4, -0.2) is 26.8 Å². The van der Waals surface area contributed by atoms with Gasteiger partial charge in [0.15, 0.2) is 17.5 Å². The van der Waals surface area contributed by atoms with Crippen LogP contribution in [0, 0.1) is 11.3 Å². The van der Waals surface area contributed by atoms with Crippen molar-refractivity contribution in [2.75, 3.05) is 26.1 Å². The van der Waals surface area contributed by atoms with Crippen LogP contribution in [-0.2, 0) is 9.53 Å². The normalized spacial score (nSPS) is 11.1. The SMILES string of the molecule is CCOc1ccc(C(Nc2ccc(C#N)cc2)C(=O)OC)cc1OC. The van der Waals surface area contributed by atoms with Gasteiger partial charge in [0, 0.05) is 5.69 Å². The number of methoxy groups -OCH3 is 2. The third-order valence-electron chi connectivity index (χ3n) is 3.58. The van der Waals surface area contributed by atoms with E-state index >= 15 is 0 Å². The zero-order valence-electron chi connectivity index (χ0n) is 14.4. The van der Waals surface area contributed by atoms with Crippen molar-refractivity contribution in [1.82, 2.24) is 0 Å². The molecule has 0 bridgehead atoms. The molecule has 0 radical (unpaired) electrons. The first-order valence-electron chi connectivity index (χ1n) is 7.78. The Hall–Kier alpha value is -3.20. The summed E-state index contributed by atoms with van der Waals surface area (Å²) in [6.45, 7) is 2.40. The third kappa shape index (κ3) is 4.42. The second-order valence-corrected chi connectivity index (χ2v) is 5.13. The van der Waals surface area contributed by atoms with Gasteiger partial charge in [-0.3, -0.25) is 0 Å². The van der Waals surface area contributed by atoms with E-state index < -0.39 is 12.0 Å². The maximum absolute atomic E-state index is 12.2. The number of hydrogen-bond donors (Lipinski definition) is 1. The summed E-state index contributed by atoms with van der Waals surface area (Å²) < 4.78 is 15.8. The highest BCUT2D eigenvalue weighted by Gasteiger charge is 2.23. The number of anilines is 1. The number of hydrogen-bond acceptors (Lipinski definition) is 6. The lowest BCUT2D eigenvalue weighted by molar-refractivity contribution is -0.141. The number of nitriles is 1. The zero-order valence-corrected chi connectivity index (χ0v) is 14.4. The van der Waals surface area contributed by atoms with Crippen LogP contribution in [0.1, 0.15) is 24.1 Å². The zero-order chi connectivity index (χ0) is 18.2. The molecule has 1 N–H and O–H groups in total. The highest BCUT2D eigenvalue weighted by Crippen LogP contribution is 2.32. The molecule has 0 saturated carbocycles. The number of benzene rings is 2. The second kappa shape index (κ2) is 8.60. The summed E-state index contributed by atoms with van der Waals surface area (Å²) in [6.07, 6.45) is 0. The van der Waals surface area contributed by atoms with Crippen molar-refractivity contribution in [2.45, 2.75) is 13.0 Å². The first-order valence-corrected chi connectivity index (χ1v) is 7.78. The molecule has 25 heavy (non-hydrogen) atoms. The number of ether oxygens (including phenoxy) is 3. The first-order chi connectivity index (χ1) is 12.1. The molecule has 2 aromatic rings. The maximum atomic E-state index is 12.2. The van der Waals surface area contributed by atoms with E-state index in [-0.39, 0.29) is 0 Å². The van der Waals surface area contributed by atoms with Gasteiger partial charge in [-0.1, -0.05) is 6.07 Å². The maximum Gasteiger partial charge on any atom is 0.332 e. The van der Waals surface area contributed by atoms with Gasteiger partial charge in [-0.25, -0.2) is 4.79 Å². The predicted molar refractivity (Wildman–Crippen MR) is 93.7 cm³/mol. The number of esters is 1. The molecule has 0 amide bonds. The van der Waals surface area contributed by atoms with Crippen molar-refractivity contribution in [2.24, 2.45) is 0 Å². The number of carbonyl (C=O) groups excluding carboxylic acids is 1. The molecule has 0 aliphatic heterocycles. The van der Waals surface area contributed by atoms with Gasteiger partial charge in [-0.15, -0.1) is 0 Å². The van der Waals surface area contributed by atoms with Crippen LogP contribution in [0.2, 0.25) is 0 Å². The summed E-state index contributed by atoms with van der Waals surface area (Å²) >= 11 is 0. The Morgan fingerprint density at radius 1 is 1.16 bits per heavy atom. The number of nitrogens with zero attached hydrogens (tertiary/aromatic N) is 1. The molecule has 130 valence electrons. The van der Waals surface area contributed by atoms with E-state index in [1.807, 2.05) is 6.92 Å². The molecule has 6 heteroatoms. The molecule has 1 unspecified atom stereocenters. The lowest BCUT2D eigenvalue weighted by Gasteiger charge is -2.19. The standard InChI is InChI=1S/C19H20N2O4/c1-4-25-16-10-7-14(11-17(16)23-2)18(19(22)24-3)21-15-8-5-13(12-20)6-9-15/h5-11,18,21H,4H2,1-3H3. The van der Waals surface area contributed by atoms with Crippen molar-refractivity contribution < 1.29 is 19.0 Å². The van der Waals surface area contributed by atoms with E-state index in [1.54, 1.807) is 49.6 Å². The van der Waals surface area contributed by atoms with E-state index in [0.29, 0.717) is 34.9 Å². The molecule has 2 aromatic carbocycles. The summed E-state index contributed by atoms with van der Waals surface area (Å²) in [5.74, 6) is 0.709. The van der Waals surface area contributed by atoms with Gasteiger partial charge in [0.2, 0.25) is 0 Å². The van der Waals surface area contributed by atoms with Crippen molar-refractivity contribution in [3.05, 3.63) is 53.6 Å². The van der Waals surface area contributed by atoms with Gasteiger partial charge < -0.3 is 19.5 Å². The van der Waals surface area contributed by atoms with E-state index in [2.05, 4.69) is 11.4 Å². The van der Waals surface area contributed by atoms with E-state index in [0.717, 1.165) is 0 Å². The number of nitrogens with one attached hydrogen (secondary N) is 1. The average molecular weight is 340 g/mol. The van der Waals surface area contributed by atoms with Crippen LogP contribution in [0.5, 0.6) is 11.5 Å². The van der Waals surface area contributed by atoms with Crippen LogP contribution >= 0.6 is 0 Å². The molecule has 1 atom stereocenters. The van der Waals surface area contributed by atoms with Crippen LogP contribution < -0.4 is 14.8 Å². The molecular weight excluding hydrogens is 320 g/mol. The molecule has 2 rings (SSSR count). The Balaban J connectivity index is 2.33. The Morgan fingerprint density at radius 3 is 2.44 bits per heavy atom. The molecule has 0 spiro atoms.